The van der Waals surface area contributed by atoms with E-state index >= 15 is 0 Å². The van der Waals surface area contributed by atoms with E-state index in [4.69, 9.17) is 17.0 Å². The van der Waals surface area contributed by atoms with Crippen molar-refractivity contribution in [3.63, 3.8) is 0 Å². The maximum absolute atomic E-state index is 12.6. The number of aryl methyl sites for hydroxylation is 2. The van der Waals surface area contributed by atoms with E-state index in [0.29, 0.717) is 16.1 Å². The van der Waals surface area contributed by atoms with E-state index in [1.54, 1.807) is 11.3 Å². The SMILES string of the molecule is CCc1c(C(=O)NNC(=S)Nc2sc(C)c(-c3ccccc3)c2C(=O)OC)csc1C. The van der Waals surface area contributed by atoms with Crippen LogP contribution in [0.2, 0.25) is 0 Å². The van der Waals surface area contributed by atoms with Crippen LogP contribution in [0, 0.1) is 13.8 Å². The van der Waals surface area contributed by atoms with Gasteiger partial charge in [0, 0.05) is 20.7 Å². The Morgan fingerprint density at radius 2 is 1.81 bits per heavy atom. The van der Waals surface area contributed by atoms with Crippen molar-refractivity contribution in [2.24, 2.45) is 0 Å². The fourth-order valence-corrected chi connectivity index (χ4v) is 5.53. The standard InChI is InChI=1S/C22H23N3O3S3/c1-5-15-12(2)30-11-16(15)19(26)24-25-22(29)23-20-18(21(27)28-4)17(13(3)31-20)14-9-7-6-8-10-14/h6-11H,5H2,1-4H3,(H,24,26)(H2,23,25,29). The average Bonchev–Trinajstić information content (AvgIpc) is 3.30. The van der Waals surface area contributed by atoms with Crippen molar-refractivity contribution < 1.29 is 14.3 Å². The summed E-state index contributed by atoms with van der Waals surface area (Å²) in [7, 11) is 1.35. The van der Waals surface area contributed by atoms with Gasteiger partial charge in [0.1, 0.15) is 10.6 Å². The fourth-order valence-electron chi connectivity index (χ4n) is 3.31. The third-order valence-corrected chi connectivity index (χ3v) is 6.93. The minimum absolute atomic E-state index is 0.171. The van der Waals surface area contributed by atoms with Gasteiger partial charge >= 0.3 is 5.97 Å². The number of methoxy groups -OCH3 is 1. The molecular weight excluding hydrogens is 450 g/mol. The Morgan fingerprint density at radius 1 is 1.10 bits per heavy atom. The summed E-state index contributed by atoms with van der Waals surface area (Å²) in [6, 6.07) is 9.63. The van der Waals surface area contributed by atoms with Crippen LogP contribution >= 0.6 is 34.9 Å². The first-order chi connectivity index (χ1) is 14.9. The van der Waals surface area contributed by atoms with E-state index in [9.17, 15) is 9.59 Å². The second-order valence-electron chi connectivity index (χ2n) is 6.67. The molecule has 0 unspecified atom stereocenters. The number of carbonyl (C=O) groups excluding carboxylic acids is 2. The molecule has 0 atom stereocenters. The van der Waals surface area contributed by atoms with Crippen molar-refractivity contribution in [1.29, 1.82) is 0 Å². The van der Waals surface area contributed by atoms with Crippen LogP contribution in [-0.4, -0.2) is 24.1 Å². The van der Waals surface area contributed by atoms with Gasteiger partial charge in [0.2, 0.25) is 0 Å². The predicted molar refractivity (Wildman–Crippen MR) is 131 cm³/mol. The van der Waals surface area contributed by atoms with Crippen LogP contribution in [-0.2, 0) is 11.2 Å². The number of carbonyl (C=O) groups is 2. The van der Waals surface area contributed by atoms with Crippen LogP contribution in [0.5, 0.6) is 0 Å². The Balaban J connectivity index is 1.78. The van der Waals surface area contributed by atoms with Crippen molar-refractivity contribution in [3.8, 4) is 11.1 Å². The molecule has 3 rings (SSSR count). The zero-order chi connectivity index (χ0) is 22.5. The van der Waals surface area contributed by atoms with E-state index in [-0.39, 0.29) is 11.0 Å². The van der Waals surface area contributed by atoms with Crippen molar-refractivity contribution in [2.45, 2.75) is 27.2 Å². The van der Waals surface area contributed by atoms with Crippen LogP contribution < -0.4 is 16.2 Å². The molecule has 9 heteroatoms. The van der Waals surface area contributed by atoms with Crippen LogP contribution in [0.3, 0.4) is 0 Å². The zero-order valence-electron chi connectivity index (χ0n) is 17.6. The maximum Gasteiger partial charge on any atom is 0.341 e. The van der Waals surface area contributed by atoms with Crippen molar-refractivity contribution in [1.82, 2.24) is 10.9 Å². The molecule has 2 aromatic heterocycles. The van der Waals surface area contributed by atoms with Crippen molar-refractivity contribution >= 4 is 56.9 Å². The normalized spacial score (nSPS) is 10.5. The lowest BCUT2D eigenvalue weighted by atomic mass is 10.0. The number of thiocarbonyl (C=S) groups is 1. The van der Waals surface area contributed by atoms with E-state index < -0.39 is 5.97 Å². The molecule has 0 aliphatic carbocycles. The smallest absolute Gasteiger partial charge is 0.341 e. The molecule has 0 spiro atoms. The Morgan fingerprint density at radius 3 is 2.45 bits per heavy atom. The Kier molecular flexibility index (Phi) is 7.42. The number of rotatable bonds is 5. The zero-order valence-corrected chi connectivity index (χ0v) is 20.1. The summed E-state index contributed by atoms with van der Waals surface area (Å²) >= 11 is 8.28. The molecule has 0 aliphatic heterocycles. The minimum atomic E-state index is -0.459. The number of ether oxygens (including phenoxy) is 1. The lowest BCUT2D eigenvalue weighted by molar-refractivity contribution is 0.0603. The Hall–Kier alpha value is -2.75. The highest BCUT2D eigenvalue weighted by Gasteiger charge is 2.24. The number of hydrazine groups is 1. The first kappa shape index (κ1) is 22.9. The number of anilines is 1. The van der Waals surface area contributed by atoms with Gasteiger partial charge < -0.3 is 10.1 Å². The molecule has 2 heterocycles. The maximum atomic E-state index is 12.6. The molecule has 162 valence electrons. The highest BCUT2D eigenvalue weighted by Crippen LogP contribution is 2.40. The number of benzene rings is 1. The number of amides is 1. The van der Waals surface area contributed by atoms with Crippen LogP contribution in [0.25, 0.3) is 11.1 Å². The second kappa shape index (κ2) is 10.0. The van der Waals surface area contributed by atoms with Crippen molar-refractivity contribution in [3.05, 3.63) is 62.2 Å². The molecule has 1 amide bonds. The van der Waals surface area contributed by atoms with Gasteiger partial charge in [0.05, 0.1) is 12.7 Å². The fraction of sp³-hybridized carbons (Fsp3) is 0.227. The van der Waals surface area contributed by atoms with Gasteiger partial charge in [-0.3, -0.25) is 15.6 Å². The molecular formula is C22H23N3O3S3. The summed E-state index contributed by atoms with van der Waals surface area (Å²) in [5, 5.41) is 5.58. The minimum Gasteiger partial charge on any atom is -0.465 e. The first-order valence-corrected chi connectivity index (χ1v) is 11.7. The topological polar surface area (TPSA) is 79.5 Å². The highest BCUT2D eigenvalue weighted by molar-refractivity contribution is 7.80. The van der Waals surface area contributed by atoms with Crippen LogP contribution in [0.4, 0.5) is 5.00 Å². The lowest BCUT2D eigenvalue weighted by Gasteiger charge is -2.12. The third kappa shape index (κ3) is 4.95. The molecule has 3 N–H and O–H groups in total. The number of nitrogens with one attached hydrogen (secondary N) is 3. The molecule has 31 heavy (non-hydrogen) atoms. The van der Waals surface area contributed by atoms with E-state index in [1.165, 1.54) is 18.4 Å². The van der Waals surface area contributed by atoms with Gasteiger partial charge in [-0.2, -0.15) is 0 Å². The molecule has 0 fully saturated rings. The Bertz CT molecular complexity index is 1120. The number of hydrogen-bond acceptors (Lipinski definition) is 6. The average molecular weight is 474 g/mol. The van der Waals surface area contributed by atoms with Gasteiger partial charge in [-0.1, -0.05) is 37.3 Å². The lowest BCUT2D eigenvalue weighted by Crippen LogP contribution is -2.44. The summed E-state index contributed by atoms with van der Waals surface area (Å²) in [5.74, 6) is -0.718. The predicted octanol–water partition coefficient (Wildman–Crippen LogP) is 5.07. The first-order valence-electron chi connectivity index (χ1n) is 9.58. The number of thiophene rings is 2. The molecule has 0 saturated carbocycles. The van der Waals surface area contributed by atoms with Gasteiger partial charge in [0.15, 0.2) is 5.11 Å². The monoisotopic (exact) mass is 473 g/mol. The quantitative estimate of drug-likeness (QED) is 0.273. The summed E-state index contributed by atoms with van der Waals surface area (Å²) < 4.78 is 5.01. The largest absolute Gasteiger partial charge is 0.465 e. The molecule has 3 aromatic rings. The van der Waals surface area contributed by atoms with Crippen LogP contribution in [0.15, 0.2) is 35.7 Å². The Labute approximate surface area is 194 Å². The van der Waals surface area contributed by atoms with Gasteiger partial charge in [-0.05, 0) is 43.6 Å². The van der Waals surface area contributed by atoms with Gasteiger partial charge in [-0.25, -0.2) is 4.79 Å². The number of esters is 1. The molecule has 0 radical (unpaired) electrons. The number of hydrogen-bond donors (Lipinski definition) is 3. The molecule has 0 saturated heterocycles. The van der Waals surface area contributed by atoms with E-state index in [1.807, 2.05) is 56.5 Å². The summed E-state index contributed by atoms with van der Waals surface area (Å²) in [4.78, 5) is 27.2. The summed E-state index contributed by atoms with van der Waals surface area (Å²) in [6.07, 6.45) is 0.778. The van der Waals surface area contributed by atoms with Crippen LogP contribution in [0.1, 0.15) is 43.0 Å². The molecule has 0 aliphatic rings. The highest BCUT2D eigenvalue weighted by atomic mass is 32.1. The second-order valence-corrected chi connectivity index (χ2v) is 9.38. The van der Waals surface area contributed by atoms with Crippen molar-refractivity contribution in [2.75, 3.05) is 12.4 Å². The molecule has 0 bridgehead atoms. The third-order valence-electron chi connectivity index (χ3n) is 4.75. The van der Waals surface area contributed by atoms with Gasteiger partial charge in [0.25, 0.3) is 5.91 Å². The summed E-state index contributed by atoms with van der Waals surface area (Å²) in [5.41, 5.74) is 9.13. The molecule has 6 nitrogen and oxygen atoms in total. The van der Waals surface area contributed by atoms with Gasteiger partial charge in [-0.15, -0.1) is 22.7 Å². The summed E-state index contributed by atoms with van der Waals surface area (Å²) in [6.45, 7) is 5.95. The molecule has 1 aromatic carbocycles. The van der Waals surface area contributed by atoms with E-state index in [2.05, 4.69) is 16.2 Å². The van der Waals surface area contributed by atoms with E-state index in [0.717, 1.165) is 32.9 Å².